The van der Waals surface area contributed by atoms with E-state index in [1.807, 2.05) is 36.9 Å². The quantitative estimate of drug-likeness (QED) is 0.734. The zero-order valence-corrected chi connectivity index (χ0v) is 18.7. The number of rotatable bonds is 4. The molecule has 0 spiro atoms. The first kappa shape index (κ1) is 25.7. The van der Waals surface area contributed by atoms with E-state index in [2.05, 4.69) is 10.2 Å². The number of para-hydroxylation sites is 1. The highest BCUT2D eigenvalue weighted by Gasteiger charge is 2.39. The molecule has 29 heavy (non-hydrogen) atoms. The number of amides is 2. The number of aryl methyl sites for hydroxylation is 2. The van der Waals surface area contributed by atoms with Crippen molar-refractivity contribution in [1.82, 2.24) is 9.80 Å². The molecule has 2 aliphatic rings. The van der Waals surface area contributed by atoms with Gasteiger partial charge in [-0.05, 0) is 37.8 Å². The van der Waals surface area contributed by atoms with Gasteiger partial charge < -0.3 is 20.7 Å². The van der Waals surface area contributed by atoms with Crippen LogP contribution in [-0.4, -0.2) is 73.1 Å². The highest BCUT2D eigenvalue weighted by atomic mass is 35.5. The summed E-state index contributed by atoms with van der Waals surface area (Å²) in [6.45, 7) is 7.97. The molecule has 2 saturated heterocycles. The smallest absolute Gasteiger partial charge is 0.242 e. The maximum absolute atomic E-state index is 12.8. The fraction of sp³-hybridized carbons (Fsp3) is 0.600. The molecule has 2 aliphatic heterocycles. The van der Waals surface area contributed by atoms with Crippen LogP contribution in [0.4, 0.5) is 5.69 Å². The Hall–Kier alpha value is -1.38. The van der Waals surface area contributed by atoms with Crippen LogP contribution < -0.4 is 11.1 Å². The molecule has 1 aromatic carbocycles. The van der Waals surface area contributed by atoms with Crippen LogP contribution >= 0.6 is 24.8 Å². The Labute approximate surface area is 185 Å². The number of nitrogens with zero attached hydrogens (tertiary/aromatic N) is 2. The van der Waals surface area contributed by atoms with E-state index < -0.39 is 5.54 Å². The Kier molecular flexibility index (Phi) is 9.85. The van der Waals surface area contributed by atoms with Gasteiger partial charge in [-0.15, -0.1) is 24.8 Å². The molecule has 0 bridgehead atoms. The van der Waals surface area contributed by atoms with Crippen LogP contribution in [0.2, 0.25) is 0 Å². The summed E-state index contributed by atoms with van der Waals surface area (Å²) in [7, 11) is 0. The average Bonchev–Trinajstić information content (AvgIpc) is 2.65. The standard InChI is InChI=1S/C20H30N4O3.2ClH/c1-15-4-3-5-16(2)18(15)22-17(25)14-23-8-10-24(11-9-23)19(26)20(21)6-12-27-13-7-20;;/h3-5H,6-14,21H2,1-2H3,(H,22,25);2*1H. The van der Waals surface area contributed by atoms with E-state index in [9.17, 15) is 9.59 Å². The van der Waals surface area contributed by atoms with Gasteiger partial charge in [-0.3, -0.25) is 14.5 Å². The second kappa shape index (κ2) is 11.1. The fourth-order valence-electron chi connectivity index (χ4n) is 3.77. The van der Waals surface area contributed by atoms with Crippen molar-refractivity contribution in [1.29, 1.82) is 0 Å². The van der Waals surface area contributed by atoms with Gasteiger partial charge in [-0.25, -0.2) is 0 Å². The van der Waals surface area contributed by atoms with Crippen LogP contribution in [0.5, 0.6) is 0 Å². The van der Waals surface area contributed by atoms with Gasteiger partial charge in [-0.1, -0.05) is 18.2 Å². The first-order chi connectivity index (χ1) is 12.9. The molecule has 2 heterocycles. The molecule has 164 valence electrons. The van der Waals surface area contributed by atoms with Crippen molar-refractivity contribution < 1.29 is 14.3 Å². The number of halogens is 2. The van der Waals surface area contributed by atoms with E-state index in [1.54, 1.807) is 0 Å². The van der Waals surface area contributed by atoms with Crippen molar-refractivity contribution in [2.75, 3.05) is 51.3 Å². The topological polar surface area (TPSA) is 87.9 Å². The highest BCUT2D eigenvalue weighted by Crippen LogP contribution is 2.22. The largest absolute Gasteiger partial charge is 0.381 e. The van der Waals surface area contributed by atoms with Gasteiger partial charge in [0, 0.05) is 45.1 Å². The molecule has 0 aromatic heterocycles. The second-order valence-corrected chi connectivity index (χ2v) is 7.65. The summed E-state index contributed by atoms with van der Waals surface area (Å²) in [5.74, 6) is -0.00247. The molecule has 7 nitrogen and oxygen atoms in total. The van der Waals surface area contributed by atoms with Crippen LogP contribution in [0.1, 0.15) is 24.0 Å². The minimum atomic E-state index is -0.792. The molecule has 0 radical (unpaired) electrons. The second-order valence-electron chi connectivity index (χ2n) is 7.65. The number of nitrogens with one attached hydrogen (secondary N) is 1. The van der Waals surface area contributed by atoms with Crippen molar-refractivity contribution in [2.24, 2.45) is 5.73 Å². The third-order valence-corrected chi connectivity index (χ3v) is 5.58. The highest BCUT2D eigenvalue weighted by molar-refractivity contribution is 5.93. The summed E-state index contributed by atoms with van der Waals surface area (Å²) in [5, 5.41) is 3.02. The normalized spacial score (nSPS) is 18.9. The molecule has 9 heteroatoms. The Balaban J connectivity index is 0.00000210. The molecule has 3 N–H and O–H groups in total. The van der Waals surface area contributed by atoms with E-state index in [0.29, 0.717) is 58.8 Å². The molecule has 0 saturated carbocycles. The maximum Gasteiger partial charge on any atom is 0.242 e. The van der Waals surface area contributed by atoms with Gasteiger partial charge in [0.25, 0.3) is 0 Å². The lowest BCUT2D eigenvalue weighted by Gasteiger charge is -2.40. The van der Waals surface area contributed by atoms with E-state index in [1.165, 1.54) is 0 Å². The molecular formula is C20H32Cl2N4O3. The summed E-state index contributed by atoms with van der Waals surface area (Å²) < 4.78 is 5.33. The minimum Gasteiger partial charge on any atom is -0.381 e. The van der Waals surface area contributed by atoms with Crippen molar-refractivity contribution in [3.05, 3.63) is 29.3 Å². The van der Waals surface area contributed by atoms with E-state index in [0.717, 1.165) is 16.8 Å². The predicted octanol–water partition coefficient (Wildman–Crippen LogP) is 1.74. The van der Waals surface area contributed by atoms with Gasteiger partial charge in [0.15, 0.2) is 0 Å². The summed E-state index contributed by atoms with van der Waals surface area (Å²) in [6, 6.07) is 5.97. The number of hydrogen-bond donors (Lipinski definition) is 2. The van der Waals surface area contributed by atoms with E-state index in [4.69, 9.17) is 10.5 Å². The maximum atomic E-state index is 12.8. The lowest BCUT2D eigenvalue weighted by atomic mass is 9.89. The number of ether oxygens (including phenoxy) is 1. The molecule has 0 aliphatic carbocycles. The molecule has 0 unspecified atom stereocenters. The molecule has 3 rings (SSSR count). The van der Waals surface area contributed by atoms with Gasteiger partial charge >= 0.3 is 0 Å². The van der Waals surface area contributed by atoms with Crippen molar-refractivity contribution >= 4 is 42.3 Å². The molecule has 2 amide bonds. The van der Waals surface area contributed by atoms with Crippen molar-refractivity contribution in [3.8, 4) is 0 Å². The third kappa shape index (κ3) is 6.30. The van der Waals surface area contributed by atoms with Crippen LogP contribution in [0.15, 0.2) is 18.2 Å². The predicted molar refractivity (Wildman–Crippen MR) is 119 cm³/mol. The van der Waals surface area contributed by atoms with Crippen LogP contribution in [-0.2, 0) is 14.3 Å². The SMILES string of the molecule is Cc1cccc(C)c1NC(=O)CN1CCN(C(=O)C2(N)CCOCC2)CC1.Cl.Cl. The first-order valence-corrected chi connectivity index (χ1v) is 9.63. The van der Waals surface area contributed by atoms with Gasteiger partial charge in [0.05, 0.1) is 12.1 Å². The summed E-state index contributed by atoms with van der Waals surface area (Å²) in [6.07, 6.45) is 1.15. The molecule has 0 atom stereocenters. The van der Waals surface area contributed by atoms with Crippen LogP contribution in [0, 0.1) is 13.8 Å². The minimum absolute atomic E-state index is 0. The first-order valence-electron chi connectivity index (χ1n) is 9.63. The van der Waals surface area contributed by atoms with Gasteiger partial charge in [-0.2, -0.15) is 0 Å². The lowest BCUT2D eigenvalue weighted by Crippen LogP contribution is -2.61. The molecule has 1 aromatic rings. The number of piperazine rings is 1. The lowest BCUT2D eigenvalue weighted by molar-refractivity contribution is -0.142. The van der Waals surface area contributed by atoms with E-state index in [-0.39, 0.29) is 36.6 Å². The monoisotopic (exact) mass is 446 g/mol. The summed E-state index contributed by atoms with van der Waals surface area (Å²) in [4.78, 5) is 29.1. The number of carbonyl (C=O) groups is 2. The number of nitrogens with two attached hydrogens (primary N) is 1. The average molecular weight is 447 g/mol. The zero-order valence-electron chi connectivity index (χ0n) is 17.1. The third-order valence-electron chi connectivity index (χ3n) is 5.58. The number of anilines is 1. The molecular weight excluding hydrogens is 415 g/mol. The van der Waals surface area contributed by atoms with Gasteiger partial charge in [0.2, 0.25) is 11.8 Å². The zero-order chi connectivity index (χ0) is 19.4. The summed E-state index contributed by atoms with van der Waals surface area (Å²) >= 11 is 0. The Bertz CT molecular complexity index is 683. The summed E-state index contributed by atoms with van der Waals surface area (Å²) in [5.41, 5.74) is 8.53. The number of benzene rings is 1. The van der Waals surface area contributed by atoms with Crippen molar-refractivity contribution in [3.63, 3.8) is 0 Å². The molecule has 2 fully saturated rings. The van der Waals surface area contributed by atoms with Gasteiger partial charge in [0.1, 0.15) is 0 Å². The fourth-order valence-corrected chi connectivity index (χ4v) is 3.77. The Morgan fingerprint density at radius 3 is 2.17 bits per heavy atom. The Morgan fingerprint density at radius 1 is 1.07 bits per heavy atom. The van der Waals surface area contributed by atoms with Crippen LogP contribution in [0.25, 0.3) is 0 Å². The van der Waals surface area contributed by atoms with E-state index >= 15 is 0 Å². The van der Waals surface area contributed by atoms with Crippen LogP contribution in [0.3, 0.4) is 0 Å². The Morgan fingerprint density at radius 2 is 1.62 bits per heavy atom. The van der Waals surface area contributed by atoms with Crippen molar-refractivity contribution in [2.45, 2.75) is 32.2 Å². The number of hydrogen-bond acceptors (Lipinski definition) is 5. The number of carbonyl (C=O) groups excluding carboxylic acids is 2.